The minimum Gasteiger partial charge on any atom is -0.357 e. The summed E-state index contributed by atoms with van der Waals surface area (Å²) in [5.74, 6) is 2.02. The van der Waals surface area contributed by atoms with E-state index in [2.05, 4.69) is 56.2 Å². The first kappa shape index (κ1) is 15.3. The number of anilines is 1. The maximum Gasteiger partial charge on any atom is 0.128 e. The highest BCUT2D eigenvalue weighted by Crippen LogP contribution is 2.28. The van der Waals surface area contributed by atoms with E-state index in [0.717, 1.165) is 24.0 Å². The van der Waals surface area contributed by atoms with Crippen molar-refractivity contribution in [2.24, 2.45) is 5.92 Å². The number of hydrogen-bond acceptors (Lipinski definition) is 3. The van der Waals surface area contributed by atoms with Crippen LogP contribution < -0.4 is 10.2 Å². The van der Waals surface area contributed by atoms with Gasteiger partial charge in [0.25, 0.3) is 0 Å². The first-order valence-electron chi connectivity index (χ1n) is 7.98. The van der Waals surface area contributed by atoms with Crippen LogP contribution in [-0.2, 0) is 6.54 Å². The molecule has 1 N–H and O–H groups in total. The van der Waals surface area contributed by atoms with Gasteiger partial charge in [-0.25, -0.2) is 4.98 Å². The zero-order chi connectivity index (χ0) is 14.5. The quantitative estimate of drug-likeness (QED) is 0.890. The van der Waals surface area contributed by atoms with Crippen LogP contribution in [0.5, 0.6) is 0 Å². The summed E-state index contributed by atoms with van der Waals surface area (Å²) in [5, 5.41) is 3.43. The Morgan fingerprint density at radius 3 is 2.60 bits per heavy atom. The van der Waals surface area contributed by atoms with Crippen molar-refractivity contribution in [1.82, 2.24) is 10.3 Å². The number of hydrogen-bond donors (Lipinski definition) is 1. The van der Waals surface area contributed by atoms with Crippen LogP contribution in [0.1, 0.15) is 52.1 Å². The normalized spacial score (nSPS) is 23.1. The Bertz CT molecular complexity index is 408. The summed E-state index contributed by atoms with van der Waals surface area (Å²) in [6.07, 6.45) is 5.30. The Kier molecular flexibility index (Phi) is 5.41. The van der Waals surface area contributed by atoms with E-state index in [9.17, 15) is 0 Å². The van der Waals surface area contributed by atoms with Gasteiger partial charge in [-0.05, 0) is 43.7 Å². The van der Waals surface area contributed by atoms with Crippen LogP contribution in [0.3, 0.4) is 0 Å². The van der Waals surface area contributed by atoms with Crippen LogP contribution in [0.15, 0.2) is 18.2 Å². The van der Waals surface area contributed by atoms with Gasteiger partial charge in [0.15, 0.2) is 0 Å². The third-order valence-electron chi connectivity index (χ3n) is 4.38. The highest BCUT2D eigenvalue weighted by atomic mass is 15.2. The summed E-state index contributed by atoms with van der Waals surface area (Å²) >= 11 is 0. The van der Waals surface area contributed by atoms with Gasteiger partial charge in [0.05, 0.1) is 5.69 Å². The highest BCUT2D eigenvalue weighted by molar-refractivity contribution is 5.39. The summed E-state index contributed by atoms with van der Waals surface area (Å²) in [4.78, 5) is 7.18. The molecule has 0 unspecified atom stereocenters. The van der Waals surface area contributed by atoms with Crippen LogP contribution in [-0.4, -0.2) is 24.1 Å². The van der Waals surface area contributed by atoms with Gasteiger partial charge in [-0.2, -0.15) is 0 Å². The minimum absolute atomic E-state index is 0.498. The molecule has 0 spiro atoms. The fourth-order valence-corrected chi connectivity index (χ4v) is 2.89. The van der Waals surface area contributed by atoms with Crippen LogP contribution in [0, 0.1) is 5.92 Å². The summed E-state index contributed by atoms with van der Waals surface area (Å²) in [7, 11) is 2.20. The highest BCUT2D eigenvalue weighted by Gasteiger charge is 2.22. The lowest BCUT2D eigenvalue weighted by atomic mass is 9.87. The van der Waals surface area contributed by atoms with Gasteiger partial charge in [0, 0.05) is 25.7 Å². The molecule has 112 valence electrons. The molecule has 3 nitrogen and oxygen atoms in total. The van der Waals surface area contributed by atoms with Gasteiger partial charge >= 0.3 is 0 Å². The van der Waals surface area contributed by atoms with E-state index in [0.29, 0.717) is 12.1 Å². The third kappa shape index (κ3) is 4.20. The van der Waals surface area contributed by atoms with Crippen LogP contribution in [0.4, 0.5) is 5.82 Å². The zero-order valence-corrected chi connectivity index (χ0v) is 13.4. The van der Waals surface area contributed by atoms with E-state index >= 15 is 0 Å². The first-order valence-corrected chi connectivity index (χ1v) is 7.98. The first-order chi connectivity index (χ1) is 9.56. The molecule has 2 rings (SSSR count). The molecule has 0 aliphatic heterocycles. The molecule has 1 aliphatic carbocycles. The summed E-state index contributed by atoms with van der Waals surface area (Å²) in [5.41, 5.74) is 1.13. The van der Waals surface area contributed by atoms with Gasteiger partial charge in [0.1, 0.15) is 5.82 Å². The Morgan fingerprint density at radius 2 is 1.95 bits per heavy atom. The SMILES string of the molecule is CC1CCC(N(C)c2cccc(CNC(C)C)n2)CC1. The molecule has 20 heavy (non-hydrogen) atoms. The number of pyridine rings is 1. The molecular formula is C17H29N3. The van der Waals surface area contributed by atoms with Gasteiger partial charge in [-0.1, -0.05) is 26.8 Å². The molecule has 1 aromatic rings. The smallest absolute Gasteiger partial charge is 0.128 e. The maximum absolute atomic E-state index is 4.80. The van der Waals surface area contributed by atoms with Crippen molar-refractivity contribution in [3.05, 3.63) is 23.9 Å². The van der Waals surface area contributed by atoms with Crippen molar-refractivity contribution < 1.29 is 0 Å². The fraction of sp³-hybridized carbons (Fsp3) is 0.706. The van der Waals surface area contributed by atoms with Crippen LogP contribution >= 0.6 is 0 Å². The van der Waals surface area contributed by atoms with Gasteiger partial charge in [-0.3, -0.25) is 0 Å². The van der Waals surface area contributed by atoms with E-state index < -0.39 is 0 Å². The predicted molar refractivity (Wildman–Crippen MR) is 86.0 cm³/mol. The lowest BCUT2D eigenvalue weighted by Gasteiger charge is -2.34. The van der Waals surface area contributed by atoms with Crippen molar-refractivity contribution in [2.45, 2.75) is 65.1 Å². The van der Waals surface area contributed by atoms with Crippen molar-refractivity contribution >= 4 is 5.82 Å². The topological polar surface area (TPSA) is 28.2 Å². The second-order valence-electron chi connectivity index (χ2n) is 6.55. The number of nitrogens with zero attached hydrogens (tertiary/aromatic N) is 2. The molecular weight excluding hydrogens is 246 g/mol. The molecule has 1 saturated carbocycles. The average Bonchev–Trinajstić information content (AvgIpc) is 2.45. The van der Waals surface area contributed by atoms with Crippen molar-refractivity contribution in [2.75, 3.05) is 11.9 Å². The molecule has 0 bridgehead atoms. The lowest BCUT2D eigenvalue weighted by molar-refractivity contribution is 0.340. The van der Waals surface area contributed by atoms with E-state index in [1.807, 2.05) is 0 Å². The molecule has 1 aromatic heterocycles. The van der Waals surface area contributed by atoms with Gasteiger partial charge in [-0.15, -0.1) is 0 Å². The van der Waals surface area contributed by atoms with Gasteiger partial charge in [0.2, 0.25) is 0 Å². The number of aromatic nitrogens is 1. The van der Waals surface area contributed by atoms with Crippen LogP contribution in [0.25, 0.3) is 0 Å². The average molecular weight is 275 g/mol. The van der Waals surface area contributed by atoms with Crippen molar-refractivity contribution in [3.63, 3.8) is 0 Å². The summed E-state index contributed by atoms with van der Waals surface area (Å²) in [6.45, 7) is 7.55. The second kappa shape index (κ2) is 7.07. The van der Waals surface area contributed by atoms with E-state index in [1.54, 1.807) is 0 Å². The third-order valence-corrected chi connectivity index (χ3v) is 4.38. The second-order valence-corrected chi connectivity index (χ2v) is 6.55. The van der Waals surface area contributed by atoms with E-state index in [1.165, 1.54) is 25.7 Å². The Morgan fingerprint density at radius 1 is 1.25 bits per heavy atom. The lowest BCUT2D eigenvalue weighted by Crippen LogP contribution is -2.35. The van der Waals surface area contributed by atoms with Crippen molar-refractivity contribution in [1.29, 1.82) is 0 Å². The number of nitrogens with one attached hydrogen (secondary N) is 1. The fourth-order valence-electron chi connectivity index (χ4n) is 2.89. The zero-order valence-electron chi connectivity index (χ0n) is 13.4. The Hall–Kier alpha value is -1.09. The molecule has 0 aromatic carbocycles. The molecule has 0 saturated heterocycles. The van der Waals surface area contributed by atoms with E-state index in [4.69, 9.17) is 4.98 Å². The molecule has 1 fully saturated rings. The molecule has 3 heteroatoms. The molecule has 1 heterocycles. The largest absolute Gasteiger partial charge is 0.357 e. The molecule has 1 aliphatic rings. The van der Waals surface area contributed by atoms with Crippen molar-refractivity contribution in [3.8, 4) is 0 Å². The van der Waals surface area contributed by atoms with Gasteiger partial charge < -0.3 is 10.2 Å². The van der Waals surface area contributed by atoms with E-state index in [-0.39, 0.29) is 0 Å². The van der Waals surface area contributed by atoms with Crippen LogP contribution in [0.2, 0.25) is 0 Å². The standard InChI is InChI=1S/C17H29N3/c1-13(2)18-12-15-6-5-7-17(19-15)20(4)16-10-8-14(3)9-11-16/h5-7,13-14,16,18H,8-12H2,1-4H3. The maximum atomic E-state index is 4.80. The minimum atomic E-state index is 0.498. The molecule has 0 atom stereocenters. The molecule has 0 radical (unpaired) electrons. The predicted octanol–water partition coefficient (Wildman–Crippen LogP) is 3.59. The molecule has 0 amide bonds. The Labute approximate surface area is 123 Å². The number of rotatable bonds is 5. The monoisotopic (exact) mass is 275 g/mol. The Balaban J connectivity index is 1.98. The summed E-state index contributed by atoms with van der Waals surface area (Å²) < 4.78 is 0. The summed E-state index contributed by atoms with van der Waals surface area (Å²) in [6, 6.07) is 7.53.